The van der Waals surface area contributed by atoms with Crippen LogP contribution in [-0.4, -0.2) is 30.0 Å². The molecule has 5 nitrogen and oxygen atoms in total. The maximum absolute atomic E-state index is 12.4. The number of ether oxygens (including phenoxy) is 1. The third kappa shape index (κ3) is 2.68. The number of carbonyl (C=O) groups is 2. The number of nitrogens with one attached hydrogen (secondary N) is 1. The summed E-state index contributed by atoms with van der Waals surface area (Å²) >= 11 is 11.7. The molecule has 2 saturated carbocycles. The fraction of sp³-hybridized carbons (Fsp3) is 0.533. The van der Waals surface area contributed by atoms with Crippen molar-refractivity contribution in [3.63, 3.8) is 0 Å². The number of amides is 1. The van der Waals surface area contributed by atoms with Crippen LogP contribution in [0, 0.1) is 17.8 Å². The first-order chi connectivity index (χ1) is 10.5. The lowest BCUT2D eigenvalue weighted by Crippen LogP contribution is -2.47. The number of aromatic nitrogens is 1. The van der Waals surface area contributed by atoms with Gasteiger partial charge in [0, 0.05) is 6.04 Å². The molecule has 0 saturated heterocycles. The second-order valence-corrected chi connectivity index (χ2v) is 6.60. The van der Waals surface area contributed by atoms with E-state index in [1.165, 1.54) is 19.2 Å². The number of esters is 1. The zero-order valence-electron chi connectivity index (χ0n) is 12.0. The Morgan fingerprint density at radius 2 is 2.00 bits per heavy atom. The molecule has 0 aromatic carbocycles. The van der Waals surface area contributed by atoms with E-state index in [2.05, 4.69) is 10.3 Å². The lowest BCUT2D eigenvalue weighted by atomic mass is 9.84. The Bertz CT molecular complexity index is 623. The largest absolute Gasteiger partial charge is 0.469 e. The van der Waals surface area contributed by atoms with Crippen LogP contribution in [0.3, 0.4) is 0 Å². The first-order valence-corrected chi connectivity index (χ1v) is 7.97. The monoisotopic (exact) mass is 342 g/mol. The van der Waals surface area contributed by atoms with Crippen LogP contribution in [0.2, 0.25) is 10.3 Å². The van der Waals surface area contributed by atoms with Gasteiger partial charge in [-0.1, -0.05) is 23.2 Å². The molecule has 118 valence electrons. The SMILES string of the molecule is COC(=O)[C@@H]1[C@H]2CC[C@@H](C2)[C@@H]1NC(=O)c1ccc(Cl)nc1Cl. The number of rotatable bonds is 3. The van der Waals surface area contributed by atoms with E-state index in [9.17, 15) is 9.59 Å². The first kappa shape index (κ1) is 15.6. The van der Waals surface area contributed by atoms with Gasteiger partial charge in [-0.25, -0.2) is 4.98 Å². The van der Waals surface area contributed by atoms with E-state index in [4.69, 9.17) is 27.9 Å². The van der Waals surface area contributed by atoms with E-state index < -0.39 is 0 Å². The normalized spacial score (nSPS) is 29.4. The van der Waals surface area contributed by atoms with E-state index in [0.717, 1.165) is 19.3 Å². The zero-order chi connectivity index (χ0) is 15.9. The quantitative estimate of drug-likeness (QED) is 0.677. The van der Waals surface area contributed by atoms with E-state index in [-0.39, 0.29) is 39.7 Å². The molecule has 2 aliphatic rings. The van der Waals surface area contributed by atoms with Crippen LogP contribution in [0.4, 0.5) is 0 Å². The number of fused-ring (bicyclic) bond motifs is 2. The van der Waals surface area contributed by atoms with Crippen LogP contribution >= 0.6 is 23.2 Å². The Labute approximate surface area is 138 Å². The number of carbonyl (C=O) groups excluding carboxylic acids is 2. The van der Waals surface area contributed by atoms with Crippen molar-refractivity contribution < 1.29 is 14.3 Å². The molecule has 4 atom stereocenters. The summed E-state index contributed by atoms with van der Waals surface area (Å²) in [5.74, 6) is -0.246. The molecule has 0 radical (unpaired) electrons. The predicted octanol–water partition coefficient (Wildman–Crippen LogP) is 2.71. The molecular weight excluding hydrogens is 327 g/mol. The minimum absolute atomic E-state index is 0.0581. The molecular formula is C15H16Cl2N2O3. The molecule has 1 aromatic rings. The standard InChI is InChI=1S/C15H16Cl2N2O3/c1-22-15(21)11-7-2-3-8(6-7)12(11)19-14(20)9-4-5-10(16)18-13(9)17/h4-5,7-8,11-12H,2-3,6H2,1H3,(H,19,20)/t7-,8-,11+,12-/m0/s1. The van der Waals surface area contributed by atoms with E-state index >= 15 is 0 Å². The summed E-state index contributed by atoms with van der Waals surface area (Å²) in [7, 11) is 1.38. The lowest BCUT2D eigenvalue weighted by molar-refractivity contribution is -0.148. The van der Waals surface area contributed by atoms with Crippen molar-refractivity contribution >= 4 is 35.1 Å². The van der Waals surface area contributed by atoms with Crippen LogP contribution in [0.1, 0.15) is 29.6 Å². The predicted molar refractivity (Wildman–Crippen MR) is 81.8 cm³/mol. The van der Waals surface area contributed by atoms with Gasteiger partial charge in [0.05, 0.1) is 18.6 Å². The third-order valence-corrected chi connectivity index (χ3v) is 5.25. The maximum atomic E-state index is 12.4. The highest BCUT2D eigenvalue weighted by molar-refractivity contribution is 6.34. The Morgan fingerprint density at radius 1 is 1.27 bits per heavy atom. The van der Waals surface area contributed by atoms with Gasteiger partial charge in [-0.15, -0.1) is 0 Å². The summed E-state index contributed by atoms with van der Waals surface area (Å²) in [6.45, 7) is 0. The van der Waals surface area contributed by atoms with Crippen LogP contribution in [0.25, 0.3) is 0 Å². The highest BCUT2D eigenvalue weighted by Crippen LogP contribution is 2.49. The molecule has 2 bridgehead atoms. The Kier molecular flexibility index (Phi) is 4.28. The van der Waals surface area contributed by atoms with Crippen molar-refractivity contribution in [1.82, 2.24) is 10.3 Å². The van der Waals surface area contributed by atoms with Gasteiger partial charge in [-0.05, 0) is 43.2 Å². The minimum atomic E-state index is -0.333. The average molecular weight is 343 g/mol. The van der Waals surface area contributed by atoms with Gasteiger partial charge in [0.25, 0.3) is 5.91 Å². The molecule has 0 spiro atoms. The molecule has 2 fully saturated rings. The highest BCUT2D eigenvalue weighted by Gasteiger charge is 2.52. The molecule has 7 heteroatoms. The van der Waals surface area contributed by atoms with Gasteiger partial charge in [0.15, 0.2) is 0 Å². The zero-order valence-corrected chi connectivity index (χ0v) is 13.5. The van der Waals surface area contributed by atoms with Crippen LogP contribution in [-0.2, 0) is 9.53 Å². The van der Waals surface area contributed by atoms with E-state index in [0.29, 0.717) is 11.8 Å². The van der Waals surface area contributed by atoms with Gasteiger partial charge < -0.3 is 10.1 Å². The number of hydrogen-bond acceptors (Lipinski definition) is 4. The Morgan fingerprint density at radius 3 is 2.68 bits per heavy atom. The molecule has 1 aromatic heterocycles. The molecule has 0 aliphatic heterocycles. The minimum Gasteiger partial charge on any atom is -0.469 e. The van der Waals surface area contributed by atoms with Crippen molar-refractivity contribution in [2.75, 3.05) is 7.11 Å². The van der Waals surface area contributed by atoms with Gasteiger partial charge in [-0.3, -0.25) is 9.59 Å². The molecule has 3 rings (SSSR count). The molecule has 1 N–H and O–H groups in total. The number of pyridine rings is 1. The molecule has 1 amide bonds. The summed E-state index contributed by atoms with van der Waals surface area (Å²) in [5.41, 5.74) is 0.262. The third-order valence-electron chi connectivity index (χ3n) is 4.75. The van der Waals surface area contributed by atoms with Crippen molar-refractivity contribution in [1.29, 1.82) is 0 Å². The summed E-state index contributed by atoms with van der Waals surface area (Å²) in [4.78, 5) is 28.3. The van der Waals surface area contributed by atoms with Gasteiger partial charge in [-0.2, -0.15) is 0 Å². The molecule has 22 heavy (non-hydrogen) atoms. The molecule has 1 heterocycles. The van der Waals surface area contributed by atoms with Gasteiger partial charge in [0.1, 0.15) is 10.3 Å². The van der Waals surface area contributed by atoms with Crippen LogP contribution in [0.5, 0.6) is 0 Å². The number of halogens is 2. The Hall–Kier alpha value is -1.33. The number of nitrogens with zero attached hydrogens (tertiary/aromatic N) is 1. The van der Waals surface area contributed by atoms with Crippen molar-refractivity contribution in [2.24, 2.45) is 17.8 Å². The first-order valence-electron chi connectivity index (χ1n) is 7.22. The smallest absolute Gasteiger partial charge is 0.311 e. The summed E-state index contributed by atoms with van der Waals surface area (Å²) < 4.78 is 4.90. The fourth-order valence-electron chi connectivity index (χ4n) is 3.78. The van der Waals surface area contributed by atoms with E-state index in [1.807, 2.05) is 0 Å². The number of methoxy groups -OCH3 is 1. The van der Waals surface area contributed by atoms with Gasteiger partial charge in [0.2, 0.25) is 0 Å². The molecule has 0 unspecified atom stereocenters. The van der Waals surface area contributed by atoms with Crippen molar-refractivity contribution in [2.45, 2.75) is 25.3 Å². The Balaban J connectivity index is 1.79. The van der Waals surface area contributed by atoms with Crippen molar-refractivity contribution in [3.8, 4) is 0 Å². The van der Waals surface area contributed by atoms with E-state index in [1.54, 1.807) is 0 Å². The summed E-state index contributed by atoms with van der Waals surface area (Å²) in [6, 6.07) is 2.85. The number of hydrogen-bond donors (Lipinski definition) is 1. The summed E-state index contributed by atoms with van der Waals surface area (Å²) in [5, 5.41) is 3.23. The lowest BCUT2D eigenvalue weighted by Gasteiger charge is -2.29. The topological polar surface area (TPSA) is 68.3 Å². The van der Waals surface area contributed by atoms with Crippen LogP contribution in [0.15, 0.2) is 12.1 Å². The maximum Gasteiger partial charge on any atom is 0.311 e. The second-order valence-electron chi connectivity index (χ2n) is 5.85. The average Bonchev–Trinajstić information content (AvgIpc) is 3.07. The van der Waals surface area contributed by atoms with Gasteiger partial charge >= 0.3 is 5.97 Å². The highest BCUT2D eigenvalue weighted by atomic mass is 35.5. The molecule has 2 aliphatic carbocycles. The van der Waals surface area contributed by atoms with Crippen LogP contribution < -0.4 is 5.32 Å². The summed E-state index contributed by atoms with van der Waals surface area (Å²) in [6.07, 6.45) is 2.99. The second kappa shape index (κ2) is 6.05. The fourth-order valence-corrected chi connectivity index (χ4v) is 4.22. The van der Waals surface area contributed by atoms with Crippen molar-refractivity contribution in [3.05, 3.63) is 28.0 Å².